The number of aromatic nitrogens is 2. The molecule has 0 unspecified atom stereocenters. The van der Waals surface area contributed by atoms with Gasteiger partial charge in [-0.15, -0.1) is 0 Å². The van der Waals surface area contributed by atoms with Crippen LogP contribution in [-0.2, 0) is 24.2 Å². The summed E-state index contributed by atoms with van der Waals surface area (Å²) in [6, 6.07) is 6.30. The van der Waals surface area contributed by atoms with E-state index in [2.05, 4.69) is 27.0 Å². The second-order valence-electron chi connectivity index (χ2n) is 7.05. The molecule has 0 radical (unpaired) electrons. The summed E-state index contributed by atoms with van der Waals surface area (Å²) in [6.45, 7) is 1.66. The molecule has 2 aromatic rings. The van der Waals surface area contributed by atoms with Crippen molar-refractivity contribution in [2.24, 2.45) is 0 Å². The fraction of sp³-hybridized carbons (Fsp3) is 0.450. The third-order valence-electron chi connectivity index (χ3n) is 5.17. The summed E-state index contributed by atoms with van der Waals surface area (Å²) in [4.78, 5) is 21.9. The van der Waals surface area contributed by atoms with Gasteiger partial charge < -0.3 is 14.7 Å². The number of ether oxygens (including phenoxy) is 1. The molecule has 0 bridgehead atoms. The summed E-state index contributed by atoms with van der Waals surface area (Å²) in [5.41, 5.74) is 3.66. The average Bonchev–Trinajstić information content (AvgIpc) is 2.63. The van der Waals surface area contributed by atoms with Gasteiger partial charge in [-0.05, 0) is 48.8 Å². The van der Waals surface area contributed by atoms with Crippen molar-refractivity contribution in [1.29, 1.82) is 0 Å². The molecule has 1 aromatic heterocycles. The largest absolute Gasteiger partial charge is 0.481 e. The van der Waals surface area contributed by atoms with Crippen LogP contribution in [0, 0.1) is 0 Å². The molecule has 6 heteroatoms. The highest BCUT2D eigenvalue weighted by Gasteiger charge is 2.22. The number of nitrogens with zero attached hydrogens (tertiary/aromatic N) is 3. The van der Waals surface area contributed by atoms with Crippen molar-refractivity contribution in [2.75, 3.05) is 11.4 Å². The minimum absolute atomic E-state index is 0.175. The SMILES string of the molecule is O=C(O)CCc1ccc2c(c1)CCN(c1cncc(OC3CCC3)n1)C2. The Morgan fingerprint density at radius 2 is 2.15 bits per heavy atom. The van der Waals surface area contributed by atoms with Crippen LogP contribution in [0.25, 0.3) is 0 Å². The Bertz CT molecular complexity index is 805. The van der Waals surface area contributed by atoms with E-state index in [4.69, 9.17) is 9.84 Å². The van der Waals surface area contributed by atoms with Gasteiger partial charge in [0.05, 0.1) is 12.4 Å². The lowest BCUT2D eigenvalue weighted by atomic mass is 9.96. The van der Waals surface area contributed by atoms with Crippen molar-refractivity contribution in [3.8, 4) is 5.88 Å². The molecule has 4 rings (SSSR count). The molecule has 136 valence electrons. The fourth-order valence-corrected chi connectivity index (χ4v) is 3.42. The van der Waals surface area contributed by atoms with Crippen molar-refractivity contribution < 1.29 is 14.6 Å². The van der Waals surface area contributed by atoms with Crippen molar-refractivity contribution in [1.82, 2.24) is 9.97 Å². The molecule has 6 nitrogen and oxygen atoms in total. The first kappa shape index (κ1) is 16.8. The van der Waals surface area contributed by atoms with E-state index in [1.54, 1.807) is 12.4 Å². The van der Waals surface area contributed by atoms with Gasteiger partial charge in [0, 0.05) is 19.5 Å². The summed E-state index contributed by atoms with van der Waals surface area (Å²) >= 11 is 0. The molecule has 1 aromatic carbocycles. The zero-order chi connectivity index (χ0) is 17.9. The van der Waals surface area contributed by atoms with Crippen molar-refractivity contribution in [3.63, 3.8) is 0 Å². The summed E-state index contributed by atoms with van der Waals surface area (Å²) < 4.78 is 5.86. The van der Waals surface area contributed by atoms with Gasteiger partial charge in [-0.2, -0.15) is 4.98 Å². The first-order valence-electron chi connectivity index (χ1n) is 9.23. The molecule has 2 aliphatic rings. The first-order valence-corrected chi connectivity index (χ1v) is 9.23. The van der Waals surface area contributed by atoms with Crippen LogP contribution in [0.1, 0.15) is 42.4 Å². The van der Waals surface area contributed by atoms with Gasteiger partial charge in [-0.1, -0.05) is 18.2 Å². The second-order valence-corrected chi connectivity index (χ2v) is 7.05. The van der Waals surface area contributed by atoms with Gasteiger partial charge in [-0.3, -0.25) is 9.78 Å². The van der Waals surface area contributed by atoms with Gasteiger partial charge in [-0.25, -0.2) is 0 Å². The van der Waals surface area contributed by atoms with E-state index < -0.39 is 5.97 Å². The third kappa shape index (κ3) is 3.79. The molecule has 0 amide bonds. The Kier molecular flexibility index (Phi) is 4.73. The number of benzene rings is 1. The predicted molar refractivity (Wildman–Crippen MR) is 97.5 cm³/mol. The van der Waals surface area contributed by atoms with E-state index in [0.717, 1.165) is 43.7 Å². The Hall–Kier alpha value is -2.63. The Morgan fingerprint density at radius 3 is 2.92 bits per heavy atom. The van der Waals surface area contributed by atoms with Crippen molar-refractivity contribution in [2.45, 2.75) is 51.2 Å². The number of fused-ring (bicyclic) bond motifs is 1. The molecular formula is C20H23N3O3. The maximum absolute atomic E-state index is 10.7. The number of anilines is 1. The summed E-state index contributed by atoms with van der Waals surface area (Å²) in [6.07, 6.45) is 8.90. The zero-order valence-corrected chi connectivity index (χ0v) is 14.7. The third-order valence-corrected chi connectivity index (χ3v) is 5.17. The van der Waals surface area contributed by atoms with Crippen LogP contribution < -0.4 is 9.64 Å². The van der Waals surface area contributed by atoms with Crippen LogP contribution in [0.5, 0.6) is 5.88 Å². The number of rotatable bonds is 6. The van der Waals surface area contributed by atoms with Crippen LogP contribution in [0.4, 0.5) is 5.82 Å². The van der Waals surface area contributed by atoms with E-state index in [1.165, 1.54) is 17.5 Å². The van der Waals surface area contributed by atoms with Gasteiger partial charge in [0.25, 0.3) is 0 Å². The molecule has 1 fully saturated rings. The summed E-state index contributed by atoms with van der Waals surface area (Å²) in [5, 5.41) is 8.84. The number of carbonyl (C=O) groups is 1. The molecule has 2 heterocycles. The minimum atomic E-state index is -0.753. The average molecular weight is 353 g/mol. The number of aryl methyl sites for hydroxylation is 1. The van der Waals surface area contributed by atoms with E-state index in [9.17, 15) is 4.79 Å². The molecule has 1 aliphatic carbocycles. The monoisotopic (exact) mass is 353 g/mol. The van der Waals surface area contributed by atoms with Crippen molar-refractivity contribution >= 4 is 11.8 Å². The van der Waals surface area contributed by atoms with E-state index >= 15 is 0 Å². The van der Waals surface area contributed by atoms with Crippen LogP contribution in [0.2, 0.25) is 0 Å². The van der Waals surface area contributed by atoms with Crippen LogP contribution in [0.15, 0.2) is 30.6 Å². The Labute approximate surface area is 152 Å². The number of carboxylic acids is 1. The number of hydrogen-bond acceptors (Lipinski definition) is 5. The standard InChI is InChI=1S/C20H23N3O3/c24-20(25)7-5-14-4-6-16-13-23(9-8-15(16)10-14)18-11-21-12-19(22-18)26-17-2-1-3-17/h4,6,10-12,17H,1-3,5,7-9,13H2,(H,24,25). The molecule has 1 saturated carbocycles. The highest BCUT2D eigenvalue weighted by Crippen LogP contribution is 2.27. The molecule has 0 atom stereocenters. The lowest BCUT2D eigenvalue weighted by Crippen LogP contribution is -2.31. The maximum atomic E-state index is 10.7. The first-order chi connectivity index (χ1) is 12.7. The predicted octanol–water partition coefficient (Wildman–Crippen LogP) is 2.99. The Morgan fingerprint density at radius 1 is 1.27 bits per heavy atom. The van der Waals surface area contributed by atoms with E-state index in [0.29, 0.717) is 18.4 Å². The van der Waals surface area contributed by atoms with Gasteiger partial charge in [0.1, 0.15) is 6.10 Å². The minimum Gasteiger partial charge on any atom is -0.481 e. The smallest absolute Gasteiger partial charge is 0.303 e. The van der Waals surface area contributed by atoms with Crippen LogP contribution >= 0.6 is 0 Å². The number of hydrogen-bond donors (Lipinski definition) is 1. The van der Waals surface area contributed by atoms with Crippen LogP contribution in [-0.4, -0.2) is 33.7 Å². The van der Waals surface area contributed by atoms with Gasteiger partial charge >= 0.3 is 5.97 Å². The summed E-state index contributed by atoms with van der Waals surface area (Å²) in [5.74, 6) is 0.709. The Balaban J connectivity index is 1.44. The zero-order valence-electron chi connectivity index (χ0n) is 14.7. The quantitative estimate of drug-likeness (QED) is 0.860. The van der Waals surface area contributed by atoms with E-state index in [1.807, 2.05) is 6.07 Å². The molecule has 26 heavy (non-hydrogen) atoms. The number of aliphatic carboxylic acids is 1. The topological polar surface area (TPSA) is 75.5 Å². The van der Waals surface area contributed by atoms with Gasteiger partial charge in [0.15, 0.2) is 5.82 Å². The van der Waals surface area contributed by atoms with E-state index in [-0.39, 0.29) is 6.42 Å². The number of carboxylic acid groups (broad SMARTS) is 1. The highest BCUT2D eigenvalue weighted by molar-refractivity contribution is 5.67. The molecule has 0 saturated heterocycles. The van der Waals surface area contributed by atoms with Crippen molar-refractivity contribution in [3.05, 3.63) is 47.3 Å². The lowest BCUT2D eigenvalue weighted by molar-refractivity contribution is -0.136. The highest BCUT2D eigenvalue weighted by atomic mass is 16.5. The lowest BCUT2D eigenvalue weighted by Gasteiger charge is -2.30. The summed E-state index contributed by atoms with van der Waals surface area (Å²) in [7, 11) is 0. The molecule has 0 spiro atoms. The molecular weight excluding hydrogens is 330 g/mol. The van der Waals surface area contributed by atoms with Crippen LogP contribution in [0.3, 0.4) is 0 Å². The normalized spacial score (nSPS) is 16.7. The van der Waals surface area contributed by atoms with Gasteiger partial charge in [0.2, 0.25) is 5.88 Å². The maximum Gasteiger partial charge on any atom is 0.303 e. The molecule has 1 aliphatic heterocycles. The second kappa shape index (κ2) is 7.32. The molecule has 1 N–H and O–H groups in total. The fourth-order valence-electron chi connectivity index (χ4n) is 3.42.